The van der Waals surface area contributed by atoms with E-state index in [9.17, 15) is 19.5 Å². The van der Waals surface area contributed by atoms with Crippen molar-refractivity contribution in [3.63, 3.8) is 0 Å². The van der Waals surface area contributed by atoms with Crippen LogP contribution in [0.2, 0.25) is 0 Å². The predicted octanol–water partition coefficient (Wildman–Crippen LogP) is 10.0. The highest BCUT2D eigenvalue weighted by Crippen LogP contribution is 2.12. The summed E-state index contributed by atoms with van der Waals surface area (Å²) in [7, 11) is 5.37. The average Bonchev–Trinajstić information content (AvgIpc) is 3.14. The first-order chi connectivity index (χ1) is 26.6. The van der Waals surface area contributed by atoms with Gasteiger partial charge in [-0.2, -0.15) is 0 Å². The number of aliphatic carboxylic acids is 1. The van der Waals surface area contributed by atoms with E-state index in [1.54, 1.807) is 21.1 Å². The minimum Gasteiger partial charge on any atom is -0.544 e. The van der Waals surface area contributed by atoms with Gasteiger partial charge < -0.3 is 28.6 Å². The maximum atomic E-state index is 12.7. The Morgan fingerprint density at radius 1 is 0.564 bits per heavy atom. The molecule has 0 amide bonds. The molecule has 0 saturated heterocycles. The van der Waals surface area contributed by atoms with Gasteiger partial charge in [0.2, 0.25) is 0 Å². The summed E-state index contributed by atoms with van der Waals surface area (Å²) >= 11 is 0. The molecule has 2 unspecified atom stereocenters. The number of carboxylic acid groups (broad SMARTS) is 1. The first-order valence-electron chi connectivity index (χ1n) is 21.1. The monoisotopic (exact) mass is 768 g/mol. The minimum atomic E-state index is -1.14. The second kappa shape index (κ2) is 37.4. The Labute approximate surface area is 335 Å². The molecule has 2 atom stereocenters. The smallest absolute Gasteiger partial charge is 0.306 e. The molecule has 0 heterocycles. The van der Waals surface area contributed by atoms with E-state index in [0.29, 0.717) is 12.8 Å². The molecular weight excluding hydrogens is 691 g/mol. The van der Waals surface area contributed by atoms with E-state index in [-0.39, 0.29) is 49.1 Å². The molecule has 0 aromatic heterocycles. The molecule has 0 radical (unpaired) electrons. The Hall–Kier alpha value is -3.49. The summed E-state index contributed by atoms with van der Waals surface area (Å²) < 4.78 is 17.0. The van der Waals surface area contributed by atoms with E-state index < -0.39 is 18.1 Å². The molecule has 0 aliphatic heterocycles. The van der Waals surface area contributed by atoms with Crippen LogP contribution in [0.4, 0.5) is 0 Å². The van der Waals surface area contributed by atoms with Crippen LogP contribution >= 0.6 is 0 Å². The second-order valence-corrected chi connectivity index (χ2v) is 14.8. The van der Waals surface area contributed by atoms with Crippen LogP contribution in [-0.2, 0) is 28.6 Å². The first kappa shape index (κ1) is 51.5. The summed E-state index contributed by atoms with van der Waals surface area (Å²) in [4.78, 5) is 36.6. The third kappa shape index (κ3) is 35.9. The molecule has 0 N–H and O–H groups in total. The van der Waals surface area contributed by atoms with Crippen molar-refractivity contribution < 1.29 is 38.2 Å². The van der Waals surface area contributed by atoms with Gasteiger partial charge in [-0.15, -0.1) is 0 Å². The maximum Gasteiger partial charge on any atom is 0.306 e. The van der Waals surface area contributed by atoms with Gasteiger partial charge in [0.05, 0.1) is 40.3 Å². The fraction of sp³-hybridized carbons (Fsp3) is 0.638. The van der Waals surface area contributed by atoms with E-state index in [4.69, 9.17) is 14.2 Å². The second-order valence-electron chi connectivity index (χ2n) is 14.8. The predicted molar refractivity (Wildman–Crippen MR) is 226 cm³/mol. The molecule has 0 spiro atoms. The Kier molecular flexibility index (Phi) is 35.1. The van der Waals surface area contributed by atoms with Crippen molar-refractivity contribution in [2.24, 2.45) is 0 Å². The number of carbonyl (C=O) groups excluding carboxylic acids is 3. The highest BCUT2D eigenvalue weighted by molar-refractivity contribution is 5.70. The highest BCUT2D eigenvalue weighted by atomic mass is 16.6. The number of likely N-dealkylation sites (N-methyl/N-ethyl adjacent to an activating group) is 1. The highest BCUT2D eigenvalue weighted by Gasteiger charge is 2.25. The summed E-state index contributed by atoms with van der Waals surface area (Å²) in [6.07, 6.45) is 47.7. The summed E-state index contributed by atoms with van der Waals surface area (Å²) in [5.74, 6) is -1.83. The summed E-state index contributed by atoms with van der Waals surface area (Å²) in [5.41, 5.74) is 0. The van der Waals surface area contributed by atoms with Gasteiger partial charge in [-0.3, -0.25) is 9.59 Å². The Morgan fingerprint density at radius 2 is 1.02 bits per heavy atom. The largest absolute Gasteiger partial charge is 0.544 e. The molecule has 0 saturated carbocycles. The number of hydrogen-bond donors (Lipinski definition) is 0. The number of rotatable bonds is 36. The lowest BCUT2D eigenvalue weighted by Gasteiger charge is -2.34. The number of quaternary nitrogens is 1. The molecule has 0 rings (SSSR count). The number of unbranched alkanes of at least 4 members (excludes halogenated alkanes) is 8. The summed E-state index contributed by atoms with van der Waals surface area (Å²) in [5, 5.41) is 11.6. The molecule has 8 heteroatoms. The number of esters is 2. The van der Waals surface area contributed by atoms with Gasteiger partial charge in [-0.25, -0.2) is 0 Å². The standard InChI is InChI=1S/C47H77NO7/c1-6-8-10-12-14-16-17-18-19-20-21-22-23-24-25-26-27-28-29-30-32-34-36-38-46(50)55-43(41-53-40-39-44(47(51)52)48(3,4)5)42-54-45(49)37-35-33-31-15-13-11-9-7-2/h8,10,14,16,18-19,21-22,24-25,27-28,30,32,43-44H,6-7,9,11-13,15,17,20,23,26,29,31,33-42H2,1-5H3/b10-8+,16-14+,19-18+,22-21+,25-24+,28-27+,32-30+. The van der Waals surface area contributed by atoms with E-state index in [1.165, 1.54) is 32.1 Å². The van der Waals surface area contributed by atoms with Crippen LogP contribution < -0.4 is 5.11 Å². The van der Waals surface area contributed by atoms with Crippen molar-refractivity contribution >= 4 is 17.9 Å². The average molecular weight is 768 g/mol. The Morgan fingerprint density at radius 3 is 1.49 bits per heavy atom. The van der Waals surface area contributed by atoms with Crippen LogP contribution in [0.25, 0.3) is 0 Å². The van der Waals surface area contributed by atoms with Crippen LogP contribution in [0, 0.1) is 0 Å². The topological polar surface area (TPSA) is 102 Å². The number of carbonyl (C=O) groups is 3. The summed E-state index contributed by atoms with van der Waals surface area (Å²) in [6, 6.07) is -0.738. The van der Waals surface area contributed by atoms with Gasteiger partial charge in [0.25, 0.3) is 0 Å². The maximum absolute atomic E-state index is 12.7. The number of nitrogens with zero attached hydrogens (tertiary/aromatic N) is 1. The van der Waals surface area contributed by atoms with Crippen molar-refractivity contribution in [2.75, 3.05) is 41.0 Å². The van der Waals surface area contributed by atoms with E-state index >= 15 is 0 Å². The van der Waals surface area contributed by atoms with Crippen LogP contribution in [-0.4, -0.2) is 75.5 Å². The lowest BCUT2D eigenvalue weighted by molar-refractivity contribution is -0.889. The summed E-state index contributed by atoms with van der Waals surface area (Å²) in [6.45, 7) is 4.43. The number of ether oxygens (including phenoxy) is 3. The molecule has 0 aliphatic carbocycles. The Bertz CT molecular complexity index is 1170. The van der Waals surface area contributed by atoms with Gasteiger partial charge in [-0.1, -0.05) is 144 Å². The van der Waals surface area contributed by atoms with Crippen LogP contribution in [0.15, 0.2) is 85.1 Å². The van der Waals surface area contributed by atoms with Crippen molar-refractivity contribution in [2.45, 2.75) is 154 Å². The normalized spacial score (nSPS) is 13.8. The number of carboxylic acids is 1. The van der Waals surface area contributed by atoms with Gasteiger partial charge in [-0.05, 0) is 64.2 Å². The molecule has 0 fully saturated rings. The number of allylic oxidation sites excluding steroid dienone is 14. The molecule has 312 valence electrons. The molecule has 8 nitrogen and oxygen atoms in total. The molecular formula is C47H77NO7. The fourth-order valence-corrected chi connectivity index (χ4v) is 5.53. The quantitative estimate of drug-likeness (QED) is 0.0271. The molecule has 0 aromatic rings. The molecule has 55 heavy (non-hydrogen) atoms. The third-order valence-electron chi connectivity index (χ3n) is 8.80. The van der Waals surface area contributed by atoms with Gasteiger partial charge in [0.15, 0.2) is 6.10 Å². The SMILES string of the molecule is CC/C=C/C/C=C/C/C=C/C/C=C/C/C=C/C/C=C/C/C=C/CCCC(=O)OC(COCCC(C(=O)[O-])[N+](C)(C)C)COC(=O)CCCCCCCCCC. The number of hydrogen-bond acceptors (Lipinski definition) is 7. The van der Waals surface area contributed by atoms with E-state index in [2.05, 4.69) is 98.9 Å². The zero-order chi connectivity index (χ0) is 40.7. The van der Waals surface area contributed by atoms with Gasteiger partial charge >= 0.3 is 11.9 Å². The van der Waals surface area contributed by atoms with Gasteiger partial charge in [0.1, 0.15) is 12.6 Å². The van der Waals surface area contributed by atoms with Crippen molar-refractivity contribution in [3.8, 4) is 0 Å². The van der Waals surface area contributed by atoms with Crippen LogP contribution in [0.5, 0.6) is 0 Å². The Balaban J connectivity index is 4.42. The molecule has 0 bridgehead atoms. The lowest BCUT2D eigenvalue weighted by atomic mass is 10.1. The lowest BCUT2D eigenvalue weighted by Crippen LogP contribution is -2.55. The zero-order valence-electron chi connectivity index (χ0n) is 35.3. The van der Waals surface area contributed by atoms with Crippen molar-refractivity contribution in [1.29, 1.82) is 0 Å². The van der Waals surface area contributed by atoms with Crippen molar-refractivity contribution in [1.82, 2.24) is 0 Å². The minimum absolute atomic E-state index is 0.0134. The molecule has 0 aromatic carbocycles. The van der Waals surface area contributed by atoms with Crippen molar-refractivity contribution in [3.05, 3.63) is 85.1 Å². The fourth-order valence-electron chi connectivity index (χ4n) is 5.53. The van der Waals surface area contributed by atoms with Crippen LogP contribution in [0.3, 0.4) is 0 Å². The van der Waals surface area contributed by atoms with Crippen LogP contribution in [0.1, 0.15) is 142 Å². The van der Waals surface area contributed by atoms with Gasteiger partial charge in [0, 0.05) is 19.3 Å². The zero-order valence-corrected chi connectivity index (χ0v) is 35.3. The van der Waals surface area contributed by atoms with E-state index in [1.807, 2.05) is 0 Å². The van der Waals surface area contributed by atoms with E-state index in [0.717, 1.165) is 70.6 Å². The first-order valence-corrected chi connectivity index (χ1v) is 21.1. The third-order valence-corrected chi connectivity index (χ3v) is 8.80. The molecule has 0 aliphatic rings.